The minimum absolute atomic E-state index is 0.237. The number of benzene rings is 1. The molecule has 0 saturated carbocycles. The molecule has 0 aliphatic rings. The highest BCUT2D eigenvalue weighted by atomic mass is 15.1. The Labute approximate surface area is 98.5 Å². The van der Waals surface area contributed by atoms with E-state index < -0.39 is 0 Å². The highest BCUT2D eigenvalue weighted by Gasteiger charge is 2.17. The van der Waals surface area contributed by atoms with Crippen LogP contribution in [0, 0.1) is 23.7 Å². The van der Waals surface area contributed by atoms with Crippen molar-refractivity contribution in [1.82, 2.24) is 0 Å². The number of rotatable bonds is 4. The normalized spacial score (nSPS) is 10.9. The highest BCUT2D eigenvalue weighted by Crippen LogP contribution is 2.21. The average Bonchev–Trinajstić information content (AvgIpc) is 2.27. The molecule has 1 rings (SSSR count). The van der Waals surface area contributed by atoms with Gasteiger partial charge in [0.25, 0.3) is 0 Å². The molecule has 0 unspecified atom stereocenters. The summed E-state index contributed by atoms with van der Waals surface area (Å²) in [4.78, 5) is 2.19. The Kier molecular flexibility index (Phi) is 3.95. The van der Waals surface area contributed by atoms with Crippen LogP contribution in [0.1, 0.15) is 25.8 Å². The fourth-order valence-corrected chi connectivity index (χ4v) is 1.43. The lowest BCUT2D eigenvalue weighted by Crippen LogP contribution is -2.23. The molecule has 2 nitrogen and oxygen atoms in total. The molecule has 86 valence electrons. The number of nitrogens with zero attached hydrogens (tertiary/aromatic N) is 2. The second kappa shape index (κ2) is 5.03. The van der Waals surface area contributed by atoms with Crippen molar-refractivity contribution in [3.63, 3.8) is 0 Å². The number of hydrogen-bond donors (Lipinski definition) is 0. The molecular weight excluding hydrogens is 196 g/mol. The van der Waals surface area contributed by atoms with E-state index in [-0.39, 0.29) is 5.41 Å². The molecule has 0 aliphatic carbocycles. The van der Waals surface area contributed by atoms with Crippen LogP contribution in [0.2, 0.25) is 0 Å². The van der Waals surface area contributed by atoms with Gasteiger partial charge in [0.05, 0.1) is 11.5 Å². The minimum Gasteiger partial charge on any atom is -0.375 e. The van der Waals surface area contributed by atoms with Crippen molar-refractivity contribution in [2.45, 2.75) is 27.2 Å². The van der Waals surface area contributed by atoms with Gasteiger partial charge in [0.15, 0.2) is 0 Å². The van der Waals surface area contributed by atoms with E-state index in [2.05, 4.69) is 49.2 Å². The van der Waals surface area contributed by atoms with Crippen LogP contribution in [0.15, 0.2) is 24.3 Å². The molecule has 16 heavy (non-hydrogen) atoms. The van der Waals surface area contributed by atoms with Gasteiger partial charge < -0.3 is 4.90 Å². The monoisotopic (exact) mass is 216 g/mol. The van der Waals surface area contributed by atoms with Gasteiger partial charge in [-0.05, 0) is 39.3 Å². The molecule has 0 radical (unpaired) electrons. The molecule has 0 bridgehead atoms. The van der Waals surface area contributed by atoms with Gasteiger partial charge in [-0.15, -0.1) is 0 Å². The average molecular weight is 216 g/mol. The molecule has 1 aromatic rings. The van der Waals surface area contributed by atoms with Gasteiger partial charge in [-0.3, -0.25) is 0 Å². The fraction of sp³-hybridized carbons (Fsp3) is 0.500. The molecule has 0 fully saturated rings. The molecule has 0 saturated heterocycles. The van der Waals surface area contributed by atoms with Crippen LogP contribution in [0.25, 0.3) is 0 Å². The van der Waals surface area contributed by atoms with E-state index in [0.29, 0.717) is 0 Å². The van der Waals surface area contributed by atoms with Crippen molar-refractivity contribution in [2.75, 3.05) is 18.5 Å². The summed E-state index contributed by atoms with van der Waals surface area (Å²) in [5.41, 5.74) is 2.24. The first kappa shape index (κ1) is 12.6. The van der Waals surface area contributed by atoms with E-state index in [1.165, 1.54) is 11.3 Å². The number of aryl methyl sites for hydroxylation is 1. The largest absolute Gasteiger partial charge is 0.375 e. The summed E-state index contributed by atoms with van der Waals surface area (Å²) in [5, 5.41) is 8.95. The molecular formula is C14H20N2. The van der Waals surface area contributed by atoms with Gasteiger partial charge in [-0.25, -0.2) is 0 Å². The Morgan fingerprint density at radius 1 is 1.25 bits per heavy atom. The Morgan fingerprint density at radius 3 is 2.31 bits per heavy atom. The predicted molar refractivity (Wildman–Crippen MR) is 68.5 cm³/mol. The van der Waals surface area contributed by atoms with Crippen molar-refractivity contribution in [1.29, 1.82) is 5.26 Å². The summed E-state index contributed by atoms with van der Waals surface area (Å²) < 4.78 is 0. The topological polar surface area (TPSA) is 27.0 Å². The van der Waals surface area contributed by atoms with Crippen molar-refractivity contribution in [3.8, 4) is 6.07 Å². The Bertz CT molecular complexity index is 371. The maximum Gasteiger partial charge on any atom is 0.0684 e. The number of anilines is 1. The summed E-state index contributed by atoms with van der Waals surface area (Å²) in [5.74, 6) is 0. The van der Waals surface area contributed by atoms with E-state index >= 15 is 0 Å². The quantitative estimate of drug-likeness (QED) is 0.771. The fourth-order valence-electron chi connectivity index (χ4n) is 1.43. The molecule has 1 aromatic carbocycles. The second-order valence-corrected chi connectivity index (χ2v) is 5.00. The van der Waals surface area contributed by atoms with Gasteiger partial charge in [0.1, 0.15) is 0 Å². The molecule has 0 N–H and O–H groups in total. The summed E-state index contributed by atoms with van der Waals surface area (Å²) in [7, 11) is 2.07. The molecule has 0 heterocycles. The Hall–Kier alpha value is -1.49. The van der Waals surface area contributed by atoms with Gasteiger partial charge >= 0.3 is 0 Å². The number of nitriles is 1. The Balaban J connectivity index is 2.57. The lowest BCUT2D eigenvalue weighted by molar-refractivity contribution is 0.455. The van der Waals surface area contributed by atoms with Gasteiger partial charge in [0, 0.05) is 19.3 Å². The molecule has 0 amide bonds. The maximum atomic E-state index is 8.95. The van der Waals surface area contributed by atoms with Crippen molar-refractivity contribution in [3.05, 3.63) is 29.8 Å². The van der Waals surface area contributed by atoms with E-state index in [1.807, 2.05) is 13.8 Å². The zero-order chi connectivity index (χ0) is 12.2. The Morgan fingerprint density at radius 2 is 1.81 bits per heavy atom. The second-order valence-electron chi connectivity index (χ2n) is 5.00. The third-order valence-corrected chi connectivity index (χ3v) is 2.85. The zero-order valence-corrected chi connectivity index (χ0v) is 10.6. The van der Waals surface area contributed by atoms with E-state index in [4.69, 9.17) is 5.26 Å². The lowest BCUT2D eigenvalue weighted by atomic mass is 9.91. The van der Waals surface area contributed by atoms with Crippen LogP contribution < -0.4 is 4.90 Å². The van der Waals surface area contributed by atoms with Crippen molar-refractivity contribution >= 4 is 5.69 Å². The standard InChI is InChI=1S/C14H20N2/c1-12-5-7-13(8-6-12)16(4)10-9-14(2,3)11-15/h5-8H,9-10H2,1-4H3. The third-order valence-electron chi connectivity index (χ3n) is 2.85. The van der Waals surface area contributed by atoms with E-state index in [1.54, 1.807) is 0 Å². The van der Waals surface area contributed by atoms with Gasteiger partial charge in [-0.1, -0.05) is 17.7 Å². The van der Waals surface area contributed by atoms with Gasteiger partial charge in [-0.2, -0.15) is 5.26 Å². The molecule has 0 aliphatic heterocycles. The van der Waals surface area contributed by atoms with Crippen LogP contribution in [0.4, 0.5) is 5.69 Å². The highest BCUT2D eigenvalue weighted by molar-refractivity contribution is 5.46. The smallest absolute Gasteiger partial charge is 0.0684 e. The summed E-state index contributed by atoms with van der Waals surface area (Å²) in [6, 6.07) is 10.8. The molecule has 0 atom stereocenters. The van der Waals surface area contributed by atoms with Crippen molar-refractivity contribution in [2.24, 2.45) is 5.41 Å². The van der Waals surface area contributed by atoms with E-state index in [0.717, 1.165) is 13.0 Å². The first-order valence-electron chi connectivity index (χ1n) is 5.64. The first-order valence-corrected chi connectivity index (χ1v) is 5.64. The molecule has 2 heteroatoms. The maximum absolute atomic E-state index is 8.95. The first-order chi connectivity index (χ1) is 7.44. The summed E-state index contributed by atoms with van der Waals surface area (Å²) in [6.07, 6.45) is 0.883. The van der Waals surface area contributed by atoms with Gasteiger partial charge in [0.2, 0.25) is 0 Å². The summed E-state index contributed by atoms with van der Waals surface area (Å²) >= 11 is 0. The van der Waals surface area contributed by atoms with Crippen molar-refractivity contribution < 1.29 is 0 Å². The predicted octanol–water partition coefficient (Wildman–Crippen LogP) is 3.37. The minimum atomic E-state index is -0.237. The van der Waals surface area contributed by atoms with Crippen LogP contribution in [0.5, 0.6) is 0 Å². The third kappa shape index (κ3) is 3.58. The SMILES string of the molecule is Cc1ccc(N(C)CCC(C)(C)C#N)cc1. The van der Waals surface area contributed by atoms with E-state index in [9.17, 15) is 0 Å². The van der Waals surface area contributed by atoms with Crippen LogP contribution in [-0.4, -0.2) is 13.6 Å². The van der Waals surface area contributed by atoms with Crippen LogP contribution >= 0.6 is 0 Å². The van der Waals surface area contributed by atoms with Crippen LogP contribution in [-0.2, 0) is 0 Å². The molecule has 0 aromatic heterocycles. The van der Waals surface area contributed by atoms with Crippen LogP contribution in [0.3, 0.4) is 0 Å². The summed E-state index contributed by atoms with van der Waals surface area (Å²) in [6.45, 7) is 6.96. The molecule has 0 spiro atoms. The zero-order valence-electron chi connectivity index (χ0n) is 10.6. The number of hydrogen-bond acceptors (Lipinski definition) is 2. The lowest BCUT2D eigenvalue weighted by Gasteiger charge is -2.23.